The summed E-state index contributed by atoms with van der Waals surface area (Å²) in [7, 11) is 0. The number of aliphatic hydroxyl groups excluding tert-OH is 2. The number of aromatic nitrogens is 4. The number of hydrogen-bond acceptors (Lipinski definition) is 7. The zero-order chi connectivity index (χ0) is 22.6. The van der Waals surface area contributed by atoms with Crippen LogP contribution >= 0.6 is 0 Å². The molecular formula is C14H15F6N5O5. The normalized spacial score (nSPS) is 23.9. The van der Waals surface area contributed by atoms with Gasteiger partial charge < -0.3 is 20.7 Å². The third-order valence-corrected chi connectivity index (χ3v) is 4.51. The largest absolute Gasteiger partial charge is 0.416 e. The first kappa shape index (κ1) is 22.1. The number of nitrogens with one attached hydrogen (secondary N) is 1. The van der Waals surface area contributed by atoms with Gasteiger partial charge in [0.05, 0.1) is 12.5 Å². The molecule has 2 aromatic heterocycles. The highest BCUT2D eigenvalue weighted by atomic mass is 19.4. The predicted octanol–water partition coefficient (Wildman–Crippen LogP) is -0.00750. The number of anilines is 1. The van der Waals surface area contributed by atoms with Gasteiger partial charge in [-0.15, -0.1) is 0 Å². The van der Waals surface area contributed by atoms with Crippen LogP contribution in [0.4, 0.5) is 32.3 Å². The van der Waals surface area contributed by atoms with Crippen LogP contribution in [0.2, 0.25) is 0 Å². The van der Waals surface area contributed by atoms with Gasteiger partial charge >= 0.3 is 18.0 Å². The molecule has 1 saturated heterocycles. The first-order valence-electron chi connectivity index (χ1n) is 8.36. The van der Waals surface area contributed by atoms with Gasteiger partial charge in [-0.3, -0.25) is 14.3 Å². The molecule has 1 unspecified atom stereocenters. The number of nitrogens with two attached hydrogens (primary N) is 1. The molecule has 10 nitrogen and oxygen atoms in total. The maximum atomic E-state index is 12.7. The van der Waals surface area contributed by atoms with Crippen molar-refractivity contribution < 1.29 is 41.3 Å². The Balaban J connectivity index is 2.11. The van der Waals surface area contributed by atoms with E-state index < -0.39 is 84.6 Å². The minimum atomic E-state index is -5.09. The lowest BCUT2D eigenvalue weighted by Crippen LogP contribution is -2.40. The molecule has 0 spiro atoms. The molecule has 3 heterocycles. The number of ether oxygens (including phenoxy) is 1. The number of alkyl halides is 6. The first-order chi connectivity index (χ1) is 13.7. The molecule has 0 saturated carbocycles. The smallest absolute Gasteiger partial charge is 0.388 e. The summed E-state index contributed by atoms with van der Waals surface area (Å²) in [5, 5.41) is 19.5. The van der Waals surface area contributed by atoms with Crippen molar-refractivity contribution >= 4 is 17.1 Å². The van der Waals surface area contributed by atoms with E-state index in [1.54, 1.807) is 0 Å². The summed E-state index contributed by atoms with van der Waals surface area (Å²) in [6.07, 6.45) is -20.6. The van der Waals surface area contributed by atoms with Crippen molar-refractivity contribution in [2.75, 3.05) is 5.73 Å². The predicted molar refractivity (Wildman–Crippen MR) is 86.3 cm³/mol. The Morgan fingerprint density at radius 1 is 1.27 bits per heavy atom. The fourth-order valence-electron chi connectivity index (χ4n) is 3.20. The average Bonchev–Trinajstić information content (AvgIpc) is 3.08. The molecule has 0 bridgehead atoms. The standard InChI is InChI=1S/C14H15F6N5O5/c15-13(16,17)1-2-24-6-8(22-11(21)23-9(6)28)25(12(24)29)10-4(26)3-5(30-10)7(27)14(18,19)20/h4-5,7,10,26-27H,1-3H2,(H3,21,22,23,28)/t4-,5+,7?,10-/m1/s1. The summed E-state index contributed by atoms with van der Waals surface area (Å²) >= 11 is 0. The molecule has 2 aromatic rings. The highest BCUT2D eigenvalue weighted by molar-refractivity contribution is 5.71. The Hall–Kier alpha value is -2.59. The van der Waals surface area contributed by atoms with Gasteiger partial charge in [-0.05, 0) is 0 Å². The lowest BCUT2D eigenvalue weighted by Gasteiger charge is -2.21. The van der Waals surface area contributed by atoms with E-state index in [1.807, 2.05) is 4.98 Å². The number of nitrogens with zero attached hydrogens (tertiary/aromatic N) is 3. The van der Waals surface area contributed by atoms with Crippen LogP contribution in [-0.2, 0) is 11.3 Å². The zero-order valence-electron chi connectivity index (χ0n) is 14.7. The van der Waals surface area contributed by atoms with Gasteiger partial charge in [0.2, 0.25) is 5.95 Å². The number of aliphatic hydroxyl groups is 2. The van der Waals surface area contributed by atoms with Crippen molar-refractivity contribution in [3.05, 3.63) is 20.8 Å². The zero-order valence-corrected chi connectivity index (χ0v) is 14.7. The van der Waals surface area contributed by atoms with Crippen LogP contribution < -0.4 is 17.0 Å². The van der Waals surface area contributed by atoms with Gasteiger partial charge in [0.25, 0.3) is 5.56 Å². The summed E-state index contributed by atoms with van der Waals surface area (Å²) in [6.45, 7) is -1.00. The number of aryl methyl sites for hydroxylation is 1. The quantitative estimate of drug-likeness (QED) is 0.482. The van der Waals surface area contributed by atoms with E-state index in [9.17, 15) is 46.1 Å². The molecule has 5 N–H and O–H groups in total. The number of fused-ring (bicyclic) bond motifs is 1. The van der Waals surface area contributed by atoms with Gasteiger partial charge in [0.15, 0.2) is 23.5 Å². The molecule has 16 heteroatoms. The van der Waals surface area contributed by atoms with Crippen LogP contribution in [0.1, 0.15) is 19.1 Å². The van der Waals surface area contributed by atoms with Gasteiger partial charge in [-0.1, -0.05) is 0 Å². The third-order valence-electron chi connectivity index (χ3n) is 4.51. The second-order valence-electron chi connectivity index (χ2n) is 6.65. The number of aromatic amines is 1. The van der Waals surface area contributed by atoms with Gasteiger partial charge in [-0.25, -0.2) is 9.36 Å². The number of nitrogen functional groups attached to an aromatic ring is 1. The summed E-state index contributed by atoms with van der Waals surface area (Å²) < 4.78 is 81.9. The Bertz CT molecular complexity index is 1060. The Morgan fingerprint density at radius 2 is 1.90 bits per heavy atom. The van der Waals surface area contributed by atoms with E-state index in [0.29, 0.717) is 9.13 Å². The van der Waals surface area contributed by atoms with Crippen LogP contribution in [0.5, 0.6) is 0 Å². The van der Waals surface area contributed by atoms with E-state index >= 15 is 0 Å². The monoisotopic (exact) mass is 447 g/mol. The maximum absolute atomic E-state index is 12.7. The van der Waals surface area contributed by atoms with Crippen LogP contribution in [0.15, 0.2) is 9.59 Å². The number of imidazole rings is 1. The molecule has 4 atom stereocenters. The average molecular weight is 447 g/mol. The number of hydrogen-bond donors (Lipinski definition) is 4. The molecule has 0 aliphatic carbocycles. The molecule has 1 fully saturated rings. The SMILES string of the molecule is Nc1nc2c(c(=O)[nH]1)n(CCC(F)(F)F)c(=O)n2[C@@H]1O[C@H](C(O)C(F)(F)F)C[C@H]1O. The van der Waals surface area contributed by atoms with Crippen LogP contribution in [0.3, 0.4) is 0 Å². The van der Waals surface area contributed by atoms with E-state index in [2.05, 4.69) is 4.98 Å². The minimum absolute atomic E-state index is 0.414. The second kappa shape index (κ2) is 7.28. The van der Waals surface area contributed by atoms with Gasteiger partial charge in [0.1, 0.15) is 6.10 Å². The summed E-state index contributed by atoms with van der Waals surface area (Å²) in [4.78, 5) is 30.6. The molecule has 0 radical (unpaired) electrons. The first-order valence-corrected chi connectivity index (χ1v) is 8.36. The molecule has 3 rings (SSSR count). The van der Waals surface area contributed by atoms with E-state index in [-0.39, 0.29) is 0 Å². The number of halogens is 6. The fraction of sp³-hybridized carbons (Fsp3) is 0.643. The molecule has 1 aliphatic rings. The molecule has 30 heavy (non-hydrogen) atoms. The number of rotatable bonds is 4. The van der Waals surface area contributed by atoms with Crippen molar-refractivity contribution in [2.45, 2.75) is 56.3 Å². The van der Waals surface area contributed by atoms with Crippen molar-refractivity contribution in [2.24, 2.45) is 0 Å². The molecule has 0 amide bonds. The lowest BCUT2D eigenvalue weighted by atomic mass is 10.1. The van der Waals surface area contributed by atoms with Crippen molar-refractivity contribution in [1.82, 2.24) is 19.1 Å². The fourth-order valence-corrected chi connectivity index (χ4v) is 3.20. The van der Waals surface area contributed by atoms with Crippen molar-refractivity contribution in [3.63, 3.8) is 0 Å². The third kappa shape index (κ3) is 4.01. The van der Waals surface area contributed by atoms with Gasteiger partial charge in [-0.2, -0.15) is 31.3 Å². The summed E-state index contributed by atoms with van der Waals surface area (Å²) in [6, 6.07) is 0. The highest BCUT2D eigenvalue weighted by Crippen LogP contribution is 2.36. The molecule has 0 aromatic carbocycles. The van der Waals surface area contributed by atoms with Crippen molar-refractivity contribution in [3.8, 4) is 0 Å². The molecular weight excluding hydrogens is 432 g/mol. The van der Waals surface area contributed by atoms with E-state index in [0.717, 1.165) is 0 Å². The topological polar surface area (TPSA) is 148 Å². The summed E-state index contributed by atoms with van der Waals surface area (Å²) in [5.41, 5.74) is 1.82. The summed E-state index contributed by atoms with van der Waals surface area (Å²) in [5.74, 6) is -0.534. The van der Waals surface area contributed by atoms with Crippen LogP contribution in [0.25, 0.3) is 11.2 Å². The number of H-pyrrole nitrogens is 1. The van der Waals surface area contributed by atoms with Gasteiger partial charge in [0, 0.05) is 13.0 Å². The van der Waals surface area contributed by atoms with E-state index in [4.69, 9.17) is 10.5 Å². The van der Waals surface area contributed by atoms with Crippen molar-refractivity contribution in [1.29, 1.82) is 0 Å². The Kier molecular flexibility index (Phi) is 5.36. The second-order valence-corrected chi connectivity index (χ2v) is 6.65. The minimum Gasteiger partial charge on any atom is -0.388 e. The maximum Gasteiger partial charge on any atom is 0.416 e. The Morgan fingerprint density at radius 3 is 2.47 bits per heavy atom. The lowest BCUT2D eigenvalue weighted by molar-refractivity contribution is -0.237. The molecule has 168 valence electrons. The highest BCUT2D eigenvalue weighted by Gasteiger charge is 2.50. The molecule has 1 aliphatic heterocycles. The van der Waals surface area contributed by atoms with Crippen LogP contribution in [-0.4, -0.2) is 60.0 Å². The Labute approximate surface area is 161 Å². The van der Waals surface area contributed by atoms with E-state index in [1.165, 1.54) is 0 Å². The van der Waals surface area contributed by atoms with Crippen LogP contribution in [0, 0.1) is 0 Å².